The number of aryl methyl sites for hydroxylation is 1. The lowest BCUT2D eigenvalue weighted by molar-refractivity contribution is 0.292. The first-order chi connectivity index (χ1) is 6.76. The Hall–Kier alpha value is -1.67. The molecule has 0 saturated carbocycles. The summed E-state index contributed by atoms with van der Waals surface area (Å²) < 4.78 is 5.23. The van der Waals surface area contributed by atoms with E-state index in [0.717, 1.165) is 12.2 Å². The summed E-state index contributed by atoms with van der Waals surface area (Å²) in [5.41, 5.74) is 1.06. The van der Waals surface area contributed by atoms with E-state index in [9.17, 15) is 0 Å². The normalized spacial score (nSPS) is 9.50. The van der Waals surface area contributed by atoms with Crippen molar-refractivity contribution in [2.24, 2.45) is 0 Å². The van der Waals surface area contributed by atoms with Crippen LogP contribution >= 0.6 is 0 Å². The van der Waals surface area contributed by atoms with E-state index in [1.807, 2.05) is 13.1 Å². The van der Waals surface area contributed by atoms with Gasteiger partial charge in [0.05, 0.1) is 0 Å². The van der Waals surface area contributed by atoms with Crippen molar-refractivity contribution in [2.75, 3.05) is 20.2 Å². The number of hydrogen-bond donors (Lipinski definition) is 1. The van der Waals surface area contributed by atoms with Crippen LogP contribution < -0.4 is 10.1 Å². The van der Waals surface area contributed by atoms with Crippen molar-refractivity contribution in [1.82, 2.24) is 15.3 Å². The molecule has 14 heavy (non-hydrogen) atoms. The molecule has 0 bridgehead atoms. The molecule has 74 valence electrons. The molecule has 0 spiro atoms. The van der Waals surface area contributed by atoms with Crippen LogP contribution in [0.15, 0.2) is 6.07 Å². The average molecular weight is 192 g/mol. The maximum atomic E-state index is 8.65. The molecule has 1 heterocycles. The molecule has 5 nitrogen and oxygen atoms in total. The van der Waals surface area contributed by atoms with Gasteiger partial charge >= 0.3 is 6.01 Å². The molecule has 0 radical (unpaired) electrons. The summed E-state index contributed by atoms with van der Waals surface area (Å²) in [6, 6.07) is 3.83. The van der Waals surface area contributed by atoms with Gasteiger partial charge in [0, 0.05) is 12.2 Å². The summed E-state index contributed by atoms with van der Waals surface area (Å²) in [6.45, 7) is 3.01. The van der Waals surface area contributed by atoms with Gasteiger partial charge in [0.2, 0.25) is 0 Å². The van der Waals surface area contributed by atoms with Gasteiger partial charge in [0.15, 0.2) is 0 Å². The molecule has 1 aromatic heterocycles. The lowest BCUT2D eigenvalue weighted by atomic mass is 10.3. The highest BCUT2D eigenvalue weighted by molar-refractivity contribution is 5.23. The number of nitrogens with zero attached hydrogens (tertiary/aromatic N) is 3. The number of rotatable bonds is 4. The Labute approximate surface area is 82.8 Å². The van der Waals surface area contributed by atoms with Crippen molar-refractivity contribution in [1.29, 1.82) is 5.26 Å². The van der Waals surface area contributed by atoms with E-state index in [4.69, 9.17) is 10.00 Å². The molecule has 5 heteroatoms. The van der Waals surface area contributed by atoms with Crippen LogP contribution in [0.25, 0.3) is 0 Å². The summed E-state index contributed by atoms with van der Waals surface area (Å²) in [5.74, 6) is 0. The van der Waals surface area contributed by atoms with Crippen LogP contribution in [-0.4, -0.2) is 30.2 Å². The first kappa shape index (κ1) is 10.4. The molecule has 1 rings (SSSR count). The Bertz CT molecular complexity index is 345. The molecule has 0 aromatic carbocycles. The number of ether oxygens (including phenoxy) is 1. The molecular formula is C9H12N4O. The maximum Gasteiger partial charge on any atom is 0.317 e. The highest BCUT2D eigenvalue weighted by Crippen LogP contribution is 2.05. The smallest absolute Gasteiger partial charge is 0.317 e. The van der Waals surface area contributed by atoms with Crippen LogP contribution in [0.4, 0.5) is 0 Å². The van der Waals surface area contributed by atoms with Gasteiger partial charge in [-0.3, -0.25) is 0 Å². The zero-order chi connectivity index (χ0) is 10.4. The third-order valence-electron chi connectivity index (χ3n) is 1.53. The second kappa shape index (κ2) is 5.14. The van der Waals surface area contributed by atoms with Crippen molar-refractivity contribution >= 4 is 0 Å². The fraction of sp³-hybridized carbons (Fsp3) is 0.444. The van der Waals surface area contributed by atoms with Crippen molar-refractivity contribution in [3.63, 3.8) is 0 Å². The molecule has 0 unspecified atom stereocenters. The predicted octanol–water partition coefficient (Wildman–Crippen LogP) is 0.255. The third kappa shape index (κ3) is 2.99. The van der Waals surface area contributed by atoms with Gasteiger partial charge in [-0.2, -0.15) is 10.2 Å². The van der Waals surface area contributed by atoms with Gasteiger partial charge in [-0.25, -0.2) is 4.98 Å². The zero-order valence-electron chi connectivity index (χ0n) is 8.24. The Morgan fingerprint density at radius 3 is 3.00 bits per heavy atom. The summed E-state index contributed by atoms with van der Waals surface area (Å²) in [6.07, 6.45) is 0. The zero-order valence-corrected chi connectivity index (χ0v) is 8.24. The summed E-state index contributed by atoms with van der Waals surface area (Å²) in [4.78, 5) is 7.94. The van der Waals surface area contributed by atoms with Crippen LogP contribution in [-0.2, 0) is 0 Å². The SMILES string of the molecule is CNCCOc1nc(C)cc(C#N)n1. The topological polar surface area (TPSA) is 70.8 Å². The molecule has 0 saturated heterocycles. The molecule has 1 aromatic rings. The number of nitrogens with one attached hydrogen (secondary N) is 1. The van der Waals surface area contributed by atoms with Crippen LogP contribution in [0.5, 0.6) is 6.01 Å². The first-order valence-corrected chi connectivity index (χ1v) is 4.29. The minimum Gasteiger partial charge on any atom is -0.462 e. The van der Waals surface area contributed by atoms with E-state index >= 15 is 0 Å². The van der Waals surface area contributed by atoms with E-state index in [-0.39, 0.29) is 6.01 Å². The Kier molecular flexibility index (Phi) is 3.83. The molecule has 1 N–H and O–H groups in total. The summed E-state index contributed by atoms with van der Waals surface area (Å²) in [7, 11) is 1.83. The van der Waals surface area contributed by atoms with Crippen LogP contribution in [0, 0.1) is 18.3 Å². The molecular weight excluding hydrogens is 180 g/mol. The quantitative estimate of drug-likeness (QED) is 0.692. The van der Waals surface area contributed by atoms with E-state index in [1.54, 1.807) is 13.0 Å². The lowest BCUT2D eigenvalue weighted by Gasteiger charge is -2.04. The van der Waals surface area contributed by atoms with E-state index < -0.39 is 0 Å². The van der Waals surface area contributed by atoms with Crippen LogP contribution in [0.1, 0.15) is 11.4 Å². The van der Waals surface area contributed by atoms with Gasteiger partial charge in [-0.05, 0) is 20.0 Å². The Morgan fingerprint density at radius 1 is 1.57 bits per heavy atom. The fourth-order valence-corrected chi connectivity index (χ4v) is 0.908. The Morgan fingerprint density at radius 2 is 2.36 bits per heavy atom. The maximum absolute atomic E-state index is 8.65. The molecule has 0 aliphatic rings. The van der Waals surface area contributed by atoms with Crippen LogP contribution in [0.3, 0.4) is 0 Å². The van der Waals surface area contributed by atoms with Gasteiger partial charge in [0.1, 0.15) is 18.4 Å². The predicted molar refractivity (Wildman–Crippen MR) is 50.9 cm³/mol. The second-order valence-corrected chi connectivity index (χ2v) is 2.74. The minimum atomic E-state index is 0.261. The van der Waals surface area contributed by atoms with E-state index in [2.05, 4.69) is 15.3 Å². The largest absolute Gasteiger partial charge is 0.462 e. The minimum absolute atomic E-state index is 0.261. The van der Waals surface area contributed by atoms with Crippen LogP contribution in [0.2, 0.25) is 0 Å². The fourth-order valence-electron chi connectivity index (χ4n) is 0.908. The number of aromatic nitrogens is 2. The highest BCUT2D eigenvalue weighted by atomic mass is 16.5. The molecule has 0 aliphatic carbocycles. The standard InChI is InChI=1S/C9H12N4O/c1-7-5-8(6-10)13-9(12-7)14-4-3-11-2/h5,11H,3-4H2,1-2H3. The molecule has 0 amide bonds. The van der Waals surface area contributed by atoms with Gasteiger partial charge in [-0.1, -0.05) is 0 Å². The Balaban J connectivity index is 2.68. The van der Waals surface area contributed by atoms with Crippen molar-refractivity contribution < 1.29 is 4.74 Å². The average Bonchev–Trinajstić information content (AvgIpc) is 2.17. The number of likely N-dealkylation sites (N-methyl/N-ethyl adjacent to an activating group) is 1. The second-order valence-electron chi connectivity index (χ2n) is 2.74. The van der Waals surface area contributed by atoms with Crippen molar-refractivity contribution in [3.8, 4) is 12.1 Å². The van der Waals surface area contributed by atoms with Gasteiger partial charge in [0.25, 0.3) is 0 Å². The molecule has 0 aliphatic heterocycles. The number of nitriles is 1. The summed E-state index contributed by atoms with van der Waals surface area (Å²) >= 11 is 0. The number of hydrogen-bond acceptors (Lipinski definition) is 5. The van der Waals surface area contributed by atoms with Gasteiger partial charge < -0.3 is 10.1 Å². The summed E-state index contributed by atoms with van der Waals surface area (Å²) in [5, 5.41) is 11.6. The molecule has 0 atom stereocenters. The van der Waals surface area contributed by atoms with Crippen molar-refractivity contribution in [3.05, 3.63) is 17.5 Å². The van der Waals surface area contributed by atoms with Crippen molar-refractivity contribution in [2.45, 2.75) is 6.92 Å². The monoisotopic (exact) mass is 192 g/mol. The highest BCUT2D eigenvalue weighted by Gasteiger charge is 2.01. The first-order valence-electron chi connectivity index (χ1n) is 4.29. The third-order valence-corrected chi connectivity index (χ3v) is 1.53. The van der Waals surface area contributed by atoms with E-state index in [1.165, 1.54) is 0 Å². The van der Waals surface area contributed by atoms with E-state index in [0.29, 0.717) is 12.3 Å². The molecule has 0 fully saturated rings. The lowest BCUT2D eigenvalue weighted by Crippen LogP contribution is -2.17. The van der Waals surface area contributed by atoms with Gasteiger partial charge in [-0.15, -0.1) is 0 Å².